The Balaban J connectivity index is 1.46. The number of aromatic nitrogens is 5. The van der Waals surface area contributed by atoms with E-state index >= 15 is 0 Å². The van der Waals surface area contributed by atoms with E-state index in [2.05, 4.69) is 5.10 Å². The number of fused-ring (bicyclic) bond motifs is 3. The second-order valence-electron chi connectivity index (χ2n) is 10.7. The summed E-state index contributed by atoms with van der Waals surface area (Å²) in [6, 6.07) is 14.9. The molecule has 6 aromatic rings. The molecule has 13 heteroatoms. The Morgan fingerprint density at radius 2 is 1.80 bits per heavy atom. The molecule has 0 fully saturated rings. The van der Waals surface area contributed by atoms with Gasteiger partial charge in [-0.15, -0.1) is 0 Å². The van der Waals surface area contributed by atoms with Crippen LogP contribution in [0.2, 0.25) is 0 Å². The van der Waals surface area contributed by atoms with Crippen LogP contribution in [-0.2, 0) is 26.2 Å². The third kappa shape index (κ3) is 4.26. The van der Waals surface area contributed by atoms with Gasteiger partial charge in [-0.1, -0.05) is 24.3 Å². The predicted molar refractivity (Wildman–Crippen MR) is 155 cm³/mol. The minimum Gasteiger partial charge on any atom is -0.497 e. The van der Waals surface area contributed by atoms with Gasteiger partial charge in [0.05, 0.1) is 42.7 Å². The number of nitrogens with zero attached hydrogens (tertiary/aromatic N) is 5. The lowest BCUT2D eigenvalue weighted by Crippen LogP contribution is -2.41. The number of alkyl halides is 3. The van der Waals surface area contributed by atoms with Gasteiger partial charge in [0.15, 0.2) is 11.1 Å². The van der Waals surface area contributed by atoms with Crippen LogP contribution in [0.25, 0.3) is 27.8 Å². The van der Waals surface area contributed by atoms with Crippen LogP contribution in [0.5, 0.6) is 5.75 Å². The molecular weight excluding hydrogens is 579 g/mol. The number of halogens is 3. The lowest BCUT2D eigenvalue weighted by atomic mass is 10.0. The molecule has 0 radical (unpaired) electrons. The average molecular weight is 604 g/mol. The van der Waals surface area contributed by atoms with Gasteiger partial charge < -0.3 is 9.15 Å². The molecule has 0 spiro atoms. The SMILES string of the molecule is COc1ccc(Cn2cc3c(n2)c(=O)n(C2CCc4c2cccc4C(F)(F)F)c(=O)n3-c2ccc3c(c2)oc(=O)n3C)cc1. The fourth-order valence-corrected chi connectivity index (χ4v) is 6.09. The summed E-state index contributed by atoms with van der Waals surface area (Å²) >= 11 is 0. The van der Waals surface area contributed by atoms with Gasteiger partial charge in [-0.25, -0.2) is 9.59 Å². The molecule has 0 bridgehead atoms. The molecule has 0 aliphatic heterocycles. The van der Waals surface area contributed by atoms with Crippen molar-refractivity contribution in [1.29, 1.82) is 0 Å². The molecule has 0 saturated carbocycles. The summed E-state index contributed by atoms with van der Waals surface area (Å²) in [6.07, 6.45) is -2.83. The summed E-state index contributed by atoms with van der Waals surface area (Å²) in [4.78, 5) is 40.4. The Morgan fingerprint density at radius 3 is 2.52 bits per heavy atom. The number of benzene rings is 3. The third-order valence-electron chi connectivity index (χ3n) is 8.20. The van der Waals surface area contributed by atoms with Crippen LogP contribution in [0, 0.1) is 0 Å². The maximum absolute atomic E-state index is 14.3. The summed E-state index contributed by atoms with van der Waals surface area (Å²) in [5.41, 5.74) is 0.129. The van der Waals surface area contributed by atoms with E-state index in [1.54, 1.807) is 44.6 Å². The molecule has 3 aromatic carbocycles. The second-order valence-corrected chi connectivity index (χ2v) is 10.7. The normalized spacial score (nSPS) is 14.9. The number of hydrogen-bond donors (Lipinski definition) is 0. The number of oxazole rings is 1. The lowest BCUT2D eigenvalue weighted by molar-refractivity contribution is -0.138. The molecule has 7 rings (SSSR count). The van der Waals surface area contributed by atoms with Gasteiger partial charge in [0, 0.05) is 13.1 Å². The van der Waals surface area contributed by atoms with Gasteiger partial charge in [0.25, 0.3) is 5.56 Å². The highest BCUT2D eigenvalue weighted by molar-refractivity contribution is 5.79. The Labute approximate surface area is 245 Å². The van der Waals surface area contributed by atoms with Crippen molar-refractivity contribution in [3.63, 3.8) is 0 Å². The lowest BCUT2D eigenvalue weighted by Gasteiger charge is -2.18. The zero-order chi connectivity index (χ0) is 30.9. The molecule has 224 valence electrons. The largest absolute Gasteiger partial charge is 0.497 e. The Hall–Kier alpha value is -5.33. The first-order chi connectivity index (χ1) is 21.0. The van der Waals surface area contributed by atoms with Gasteiger partial charge in [-0.05, 0) is 59.9 Å². The van der Waals surface area contributed by atoms with Gasteiger partial charge in [0.2, 0.25) is 0 Å². The highest BCUT2D eigenvalue weighted by Gasteiger charge is 2.38. The van der Waals surface area contributed by atoms with E-state index in [1.165, 1.54) is 32.0 Å². The first-order valence-corrected chi connectivity index (χ1v) is 13.7. The molecular formula is C31H24F3N5O5. The van der Waals surface area contributed by atoms with Gasteiger partial charge in [-0.3, -0.25) is 23.2 Å². The summed E-state index contributed by atoms with van der Waals surface area (Å²) in [6.45, 7) is 0.264. The molecule has 0 amide bonds. The van der Waals surface area contributed by atoms with E-state index in [0.717, 1.165) is 16.2 Å². The highest BCUT2D eigenvalue weighted by Crippen LogP contribution is 2.41. The van der Waals surface area contributed by atoms with Crippen LogP contribution >= 0.6 is 0 Å². The van der Waals surface area contributed by atoms with Crippen molar-refractivity contribution < 1.29 is 22.3 Å². The molecule has 0 saturated heterocycles. The summed E-state index contributed by atoms with van der Waals surface area (Å²) < 4.78 is 57.1. The number of ether oxygens (including phenoxy) is 1. The van der Waals surface area contributed by atoms with Crippen molar-refractivity contribution in [1.82, 2.24) is 23.5 Å². The van der Waals surface area contributed by atoms with Crippen LogP contribution in [-0.4, -0.2) is 30.6 Å². The van der Waals surface area contributed by atoms with Crippen molar-refractivity contribution in [3.8, 4) is 11.4 Å². The topological polar surface area (TPSA) is 106 Å². The van der Waals surface area contributed by atoms with E-state index in [4.69, 9.17) is 9.15 Å². The monoisotopic (exact) mass is 603 g/mol. The van der Waals surface area contributed by atoms with Gasteiger partial charge >= 0.3 is 17.6 Å². The molecule has 3 heterocycles. The summed E-state index contributed by atoms with van der Waals surface area (Å²) in [7, 11) is 3.11. The number of methoxy groups -OCH3 is 1. The smallest absolute Gasteiger partial charge is 0.419 e. The van der Waals surface area contributed by atoms with Crippen molar-refractivity contribution >= 4 is 22.1 Å². The van der Waals surface area contributed by atoms with E-state index in [1.807, 2.05) is 12.1 Å². The van der Waals surface area contributed by atoms with Crippen LogP contribution in [0.1, 0.15) is 34.7 Å². The van der Waals surface area contributed by atoms with E-state index in [9.17, 15) is 27.6 Å². The van der Waals surface area contributed by atoms with Crippen molar-refractivity contribution in [2.75, 3.05) is 7.11 Å². The van der Waals surface area contributed by atoms with Crippen LogP contribution in [0.4, 0.5) is 13.2 Å². The molecule has 1 aliphatic rings. The minimum atomic E-state index is -4.58. The number of rotatable bonds is 5. The van der Waals surface area contributed by atoms with E-state index < -0.39 is 34.8 Å². The van der Waals surface area contributed by atoms with Crippen molar-refractivity contribution in [2.24, 2.45) is 7.05 Å². The van der Waals surface area contributed by atoms with Crippen LogP contribution < -0.4 is 21.7 Å². The zero-order valence-electron chi connectivity index (χ0n) is 23.5. The Bertz CT molecular complexity index is 2270. The first kappa shape index (κ1) is 27.5. The number of aryl methyl sites for hydroxylation is 1. The van der Waals surface area contributed by atoms with E-state index in [-0.39, 0.29) is 47.1 Å². The van der Waals surface area contributed by atoms with Crippen molar-refractivity contribution in [2.45, 2.75) is 31.6 Å². The molecule has 3 aromatic heterocycles. The fourth-order valence-electron chi connectivity index (χ4n) is 6.09. The average Bonchev–Trinajstić information content (AvgIpc) is 3.69. The predicted octanol–water partition coefficient (Wildman–Crippen LogP) is 4.41. The Kier molecular flexibility index (Phi) is 6.16. The van der Waals surface area contributed by atoms with E-state index in [0.29, 0.717) is 17.0 Å². The Morgan fingerprint density at radius 1 is 1.02 bits per heavy atom. The van der Waals surface area contributed by atoms with Crippen LogP contribution in [0.3, 0.4) is 0 Å². The number of hydrogen-bond acceptors (Lipinski definition) is 6. The zero-order valence-corrected chi connectivity index (χ0v) is 23.5. The molecule has 44 heavy (non-hydrogen) atoms. The minimum absolute atomic E-state index is 0.0341. The molecule has 1 atom stereocenters. The first-order valence-electron chi connectivity index (χ1n) is 13.7. The van der Waals surface area contributed by atoms with Gasteiger partial charge in [0.1, 0.15) is 11.3 Å². The maximum atomic E-state index is 14.3. The molecule has 1 aliphatic carbocycles. The third-order valence-corrected chi connectivity index (χ3v) is 8.20. The second kappa shape index (κ2) is 9.86. The molecule has 10 nitrogen and oxygen atoms in total. The quantitative estimate of drug-likeness (QED) is 0.289. The van der Waals surface area contributed by atoms with Gasteiger partial charge in [-0.2, -0.15) is 18.3 Å². The molecule has 0 N–H and O–H groups in total. The summed E-state index contributed by atoms with van der Waals surface area (Å²) in [5.74, 6) is 0.0829. The fraction of sp³-hybridized carbons (Fsp3) is 0.226. The maximum Gasteiger partial charge on any atom is 0.419 e. The van der Waals surface area contributed by atoms with Crippen LogP contribution in [0.15, 0.2) is 85.7 Å². The highest BCUT2D eigenvalue weighted by atomic mass is 19.4. The standard InChI is InChI=1S/C31H24F3N5O5/c1-36-24-12-8-18(14-26(24)44-30(36)42)38-25-16-37(15-17-6-9-19(43-2)10-7-17)35-27(25)28(40)39(29(38)41)23-13-11-20-21(23)4-3-5-22(20)31(32,33)34/h3-10,12,14,16,23H,11,13,15H2,1-2H3. The van der Waals surface area contributed by atoms with Crippen molar-refractivity contribution in [3.05, 3.63) is 121 Å². The molecule has 1 unspecified atom stereocenters. The summed E-state index contributed by atoms with van der Waals surface area (Å²) in [5, 5.41) is 4.54.